The predicted octanol–water partition coefficient (Wildman–Crippen LogP) is 1.68. The van der Waals surface area contributed by atoms with E-state index in [1.54, 1.807) is 7.11 Å². The quantitative estimate of drug-likeness (QED) is 0.584. The molecular weight excluding hydrogens is 326 g/mol. The zero-order chi connectivity index (χ0) is 16.9. The van der Waals surface area contributed by atoms with E-state index in [4.69, 9.17) is 10.6 Å². The fourth-order valence-corrected chi connectivity index (χ4v) is 3.21. The molecule has 0 spiro atoms. The number of nitrogen functional groups attached to an aromatic ring is 1. The summed E-state index contributed by atoms with van der Waals surface area (Å²) in [5.41, 5.74) is 0.760. The van der Waals surface area contributed by atoms with Crippen molar-refractivity contribution in [1.82, 2.24) is 20.2 Å². The summed E-state index contributed by atoms with van der Waals surface area (Å²) in [4.78, 5) is 11.9. The van der Waals surface area contributed by atoms with Crippen LogP contribution in [0.15, 0.2) is 29.4 Å². The van der Waals surface area contributed by atoms with E-state index in [1.807, 2.05) is 24.3 Å². The molecule has 3 rings (SSSR count). The number of benzene rings is 1. The number of methoxy groups -OCH3 is 1. The van der Waals surface area contributed by atoms with Crippen LogP contribution >= 0.6 is 11.8 Å². The normalized spacial score (nSPS) is 14.2. The van der Waals surface area contributed by atoms with E-state index in [-0.39, 0.29) is 11.7 Å². The Kier molecular flexibility index (Phi) is 5.24. The maximum Gasteiger partial charge on any atom is 0.230 e. The zero-order valence-corrected chi connectivity index (χ0v) is 14.4. The van der Waals surface area contributed by atoms with Crippen LogP contribution in [0.1, 0.15) is 19.3 Å². The van der Waals surface area contributed by atoms with Gasteiger partial charge in [0.25, 0.3) is 0 Å². The molecule has 128 valence electrons. The molecule has 1 fully saturated rings. The monoisotopic (exact) mass is 347 g/mol. The van der Waals surface area contributed by atoms with Crippen molar-refractivity contribution < 1.29 is 9.53 Å². The lowest BCUT2D eigenvalue weighted by Gasteiger charge is -2.25. The Morgan fingerprint density at radius 3 is 2.92 bits per heavy atom. The Hall–Kier alpha value is -2.22. The minimum atomic E-state index is -0.00579. The summed E-state index contributed by atoms with van der Waals surface area (Å²) >= 11 is 1.27. The number of hydrogen-bond acceptors (Lipinski definition) is 6. The van der Waals surface area contributed by atoms with Crippen molar-refractivity contribution in [2.24, 2.45) is 5.92 Å². The fraction of sp³-hybridized carbons (Fsp3) is 0.438. The molecule has 0 bridgehead atoms. The van der Waals surface area contributed by atoms with Crippen LogP contribution in [0, 0.1) is 5.92 Å². The molecule has 1 amide bonds. The maximum absolute atomic E-state index is 11.9. The lowest BCUT2D eigenvalue weighted by Crippen LogP contribution is -2.33. The lowest BCUT2D eigenvalue weighted by atomic mass is 9.85. The van der Waals surface area contributed by atoms with Gasteiger partial charge >= 0.3 is 0 Å². The third kappa shape index (κ3) is 3.64. The standard InChI is InChI=1S/C16H21N5O2S/c1-23-13-8-3-2-7-12(13)15-19-20-16(21(15)17)24-10-14(22)18-9-11-5-4-6-11/h2-3,7-8,11H,4-6,9-10,17H2,1H3,(H,18,22). The number of ether oxygens (including phenoxy) is 1. The SMILES string of the molecule is COc1ccccc1-c1nnc(SCC(=O)NCC2CCC2)n1N. The van der Waals surface area contributed by atoms with Gasteiger partial charge in [0.1, 0.15) is 5.75 Å². The molecule has 3 N–H and O–H groups in total. The summed E-state index contributed by atoms with van der Waals surface area (Å²) in [6.45, 7) is 0.765. The van der Waals surface area contributed by atoms with Crippen molar-refractivity contribution in [3.8, 4) is 17.1 Å². The minimum absolute atomic E-state index is 0.00579. The molecule has 24 heavy (non-hydrogen) atoms. The van der Waals surface area contributed by atoms with Crippen LogP contribution in [0.25, 0.3) is 11.4 Å². The minimum Gasteiger partial charge on any atom is -0.496 e. The van der Waals surface area contributed by atoms with Crippen LogP contribution in [0.3, 0.4) is 0 Å². The molecule has 1 aliphatic rings. The molecule has 1 aromatic heterocycles. The summed E-state index contributed by atoms with van der Waals surface area (Å²) < 4.78 is 6.72. The van der Waals surface area contributed by atoms with Gasteiger partial charge in [-0.2, -0.15) is 0 Å². The van der Waals surface area contributed by atoms with Gasteiger partial charge in [0.15, 0.2) is 5.82 Å². The number of para-hydroxylation sites is 1. The topological polar surface area (TPSA) is 95.1 Å². The van der Waals surface area contributed by atoms with Crippen molar-refractivity contribution >= 4 is 17.7 Å². The predicted molar refractivity (Wildman–Crippen MR) is 93.2 cm³/mol. The first-order valence-electron chi connectivity index (χ1n) is 7.92. The average Bonchev–Trinajstić information content (AvgIpc) is 2.92. The summed E-state index contributed by atoms with van der Waals surface area (Å²) in [5, 5.41) is 11.7. The highest BCUT2D eigenvalue weighted by atomic mass is 32.2. The average molecular weight is 347 g/mol. The van der Waals surface area contributed by atoms with E-state index in [2.05, 4.69) is 15.5 Å². The number of aromatic nitrogens is 3. The zero-order valence-electron chi connectivity index (χ0n) is 13.6. The Bertz CT molecular complexity index is 714. The van der Waals surface area contributed by atoms with Gasteiger partial charge in [-0.25, -0.2) is 4.68 Å². The summed E-state index contributed by atoms with van der Waals surface area (Å²) in [6.07, 6.45) is 3.71. The Balaban J connectivity index is 1.61. The molecule has 8 heteroatoms. The Morgan fingerprint density at radius 1 is 1.42 bits per heavy atom. The highest BCUT2D eigenvalue weighted by Crippen LogP contribution is 2.29. The second kappa shape index (κ2) is 7.57. The molecule has 0 radical (unpaired) electrons. The molecule has 1 aromatic carbocycles. The highest BCUT2D eigenvalue weighted by molar-refractivity contribution is 7.99. The first-order chi connectivity index (χ1) is 11.7. The molecular formula is C16H21N5O2S. The Labute approximate surface area is 144 Å². The number of nitrogens with one attached hydrogen (secondary N) is 1. The van der Waals surface area contributed by atoms with Gasteiger partial charge in [0, 0.05) is 6.54 Å². The molecule has 0 atom stereocenters. The van der Waals surface area contributed by atoms with Crippen molar-refractivity contribution in [1.29, 1.82) is 0 Å². The summed E-state index contributed by atoms with van der Waals surface area (Å²) in [6, 6.07) is 7.46. The van der Waals surface area contributed by atoms with Gasteiger partial charge in [-0.05, 0) is 30.9 Å². The number of thioether (sulfide) groups is 1. The van der Waals surface area contributed by atoms with Gasteiger partial charge < -0.3 is 15.9 Å². The molecule has 1 aliphatic carbocycles. The Morgan fingerprint density at radius 2 is 2.21 bits per heavy atom. The molecule has 1 heterocycles. The van der Waals surface area contributed by atoms with Crippen LogP contribution < -0.4 is 15.9 Å². The number of nitrogens with zero attached hydrogens (tertiary/aromatic N) is 3. The number of hydrogen-bond donors (Lipinski definition) is 2. The number of amides is 1. The van der Waals surface area contributed by atoms with Crippen LogP contribution in [0.2, 0.25) is 0 Å². The third-order valence-corrected chi connectivity index (χ3v) is 5.10. The molecule has 7 nitrogen and oxygen atoms in total. The first kappa shape index (κ1) is 16.6. The van der Waals surface area contributed by atoms with Crippen LogP contribution in [0.4, 0.5) is 0 Å². The number of rotatable bonds is 7. The highest BCUT2D eigenvalue weighted by Gasteiger charge is 2.19. The van der Waals surface area contributed by atoms with Crippen molar-refractivity contribution in [2.75, 3.05) is 25.3 Å². The van der Waals surface area contributed by atoms with Gasteiger partial charge in [-0.3, -0.25) is 4.79 Å². The van der Waals surface area contributed by atoms with E-state index in [0.717, 1.165) is 12.1 Å². The third-order valence-electron chi connectivity index (χ3n) is 4.16. The van der Waals surface area contributed by atoms with Crippen LogP contribution in [0.5, 0.6) is 5.75 Å². The van der Waals surface area contributed by atoms with Crippen molar-refractivity contribution in [3.63, 3.8) is 0 Å². The molecule has 2 aromatic rings. The van der Waals surface area contributed by atoms with E-state index in [9.17, 15) is 4.79 Å². The van der Waals surface area contributed by atoms with E-state index in [0.29, 0.717) is 22.6 Å². The molecule has 0 saturated heterocycles. The smallest absolute Gasteiger partial charge is 0.230 e. The largest absolute Gasteiger partial charge is 0.496 e. The van der Waals surface area contributed by atoms with Crippen LogP contribution in [-0.2, 0) is 4.79 Å². The maximum atomic E-state index is 11.9. The summed E-state index contributed by atoms with van der Waals surface area (Å²) in [5.74, 6) is 8.17. The molecule has 0 aliphatic heterocycles. The summed E-state index contributed by atoms with van der Waals surface area (Å²) in [7, 11) is 1.60. The van der Waals surface area contributed by atoms with Gasteiger partial charge in [-0.15, -0.1) is 10.2 Å². The fourth-order valence-electron chi connectivity index (χ4n) is 2.52. The number of carbonyl (C=O) groups excluding carboxylic acids is 1. The number of nitrogens with two attached hydrogens (primary N) is 1. The lowest BCUT2D eigenvalue weighted by molar-refractivity contribution is -0.118. The van der Waals surface area contributed by atoms with E-state index < -0.39 is 0 Å². The molecule has 1 saturated carbocycles. The number of carbonyl (C=O) groups is 1. The first-order valence-corrected chi connectivity index (χ1v) is 8.91. The second-order valence-electron chi connectivity index (χ2n) is 5.77. The van der Waals surface area contributed by atoms with Crippen molar-refractivity contribution in [2.45, 2.75) is 24.4 Å². The van der Waals surface area contributed by atoms with Gasteiger partial charge in [-0.1, -0.05) is 30.3 Å². The second-order valence-corrected chi connectivity index (χ2v) is 6.71. The van der Waals surface area contributed by atoms with Gasteiger partial charge in [0.05, 0.1) is 18.4 Å². The van der Waals surface area contributed by atoms with Gasteiger partial charge in [0.2, 0.25) is 11.1 Å². The molecule has 0 unspecified atom stereocenters. The van der Waals surface area contributed by atoms with Crippen molar-refractivity contribution in [3.05, 3.63) is 24.3 Å². The van der Waals surface area contributed by atoms with E-state index in [1.165, 1.54) is 35.7 Å². The van der Waals surface area contributed by atoms with E-state index >= 15 is 0 Å². The van der Waals surface area contributed by atoms with Crippen LogP contribution in [-0.4, -0.2) is 40.2 Å².